The minimum atomic E-state index is 0.392. The van der Waals surface area contributed by atoms with Gasteiger partial charge < -0.3 is 9.47 Å². The first-order valence-electron chi connectivity index (χ1n) is 8.63. The largest absolute Gasteiger partial charge is 0.353 e. The fraction of sp³-hybridized carbons (Fsp3) is 1.00. The Labute approximate surface area is 120 Å². The lowest BCUT2D eigenvalue weighted by Gasteiger charge is -2.06. The van der Waals surface area contributed by atoms with E-state index in [9.17, 15) is 0 Å². The zero-order valence-corrected chi connectivity index (χ0v) is 13.0. The molecule has 0 aliphatic carbocycles. The molecule has 0 aromatic heterocycles. The third-order valence-electron chi connectivity index (χ3n) is 4.07. The van der Waals surface area contributed by atoms with Gasteiger partial charge in [-0.2, -0.15) is 0 Å². The number of unbranched alkanes of at least 4 members (excludes halogenated alkanes) is 11. The Morgan fingerprint density at radius 1 is 0.737 bits per heavy atom. The van der Waals surface area contributed by atoms with Crippen LogP contribution >= 0.6 is 0 Å². The Morgan fingerprint density at radius 2 is 1.26 bits per heavy atom. The lowest BCUT2D eigenvalue weighted by molar-refractivity contribution is 0.0440. The van der Waals surface area contributed by atoms with Crippen molar-refractivity contribution >= 4 is 0 Å². The molecule has 1 heterocycles. The van der Waals surface area contributed by atoms with Gasteiger partial charge in [0.15, 0.2) is 0 Å². The molecule has 2 heteroatoms. The van der Waals surface area contributed by atoms with Crippen molar-refractivity contribution in [3.8, 4) is 0 Å². The Bertz CT molecular complexity index is 176. The van der Waals surface area contributed by atoms with Crippen molar-refractivity contribution in [1.29, 1.82) is 0 Å². The smallest absolute Gasteiger partial charge is 0.147 e. The first-order chi connectivity index (χ1) is 9.43. The van der Waals surface area contributed by atoms with E-state index in [2.05, 4.69) is 6.92 Å². The highest BCUT2D eigenvalue weighted by molar-refractivity contribution is 4.60. The molecule has 0 amide bonds. The third-order valence-corrected chi connectivity index (χ3v) is 4.07. The Hall–Kier alpha value is -0.0800. The van der Waals surface area contributed by atoms with E-state index in [0.29, 0.717) is 12.9 Å². The summed E-state index contributed by atoms with van der Waals surface area (Å²) in [7, 11) is 0. The average Bonchev–Trinajstić information content (AvgIpc) is 2.93. The molecule has 19 heavy (non-hydrogen) atoms. The average molecular weight is 270 g/mol. The van der Waals surface area contributed by atoms with E-state index >= 15 is 0 Å². The highest BCUT2D eigenvalue weighted by Crippen LogP contribution is 2.15. The van der Waals surface area contributed by atoms with Crippen LogP contribution < -0.4 is 0 Å². The first kappa shape index (κ1) is 17.0. The summed E-state index contributed by atoms with van der Waals surface area (Å²) in [4.78, 5) is 0. The van der Waals surface area contributed by atoms with Gasteiger partial charge in [-0.15, -0.1) is 0 Å². The fourth-order valence-electron chi connectivity index (χ4n) is 2.75. The Kier molecular flexibility index (Phi) is 11.5. The quantitative estimate of drug-likeness (QED) is 0.414. The fourth-order valence-corrected chi connectivity index (χ4v) is 2.75. The molecule has 0 aromatic rings. The van der Waals surface area contributed by atoms with E-state index < -0.39 is 0 Å². The maximum Gasteiger partial charge on any atom is 0.147 e. The monoisotopic (exact) mass is 270 g/mol. The van der Waals surface area contributed by atoms with Gasteiger partial charge in [-0.05, 0) is 6.42 Å². The van der Waals surface area contributed by atoms with Crippen LogP contribution in [0.4, 0.5) is 0 Å². The molecule has 1 aliphatic rings. The van der Waals surface area contributed by atoms with Crippen molar-refractivity contribution in [2.24, 2.45) is 0 Å². The molecule has 1 atom stereocenters. The number of hydrogen-bond donors (Lipinski definition) is 0. The lowest BCUT2D eigenvalue weighted by atomic mass is 10.0. The van der Waals surface area contributed by atoms with E-state index in [-0.39, 0.29) is 0 Å². The molecular formula is C17H34O2. The molecule has 0 radical (unpaired) electrons. The molecule has 1 rings (SSSR count). The minimum absolute atomic E-state index is 0.392. The molecule has 0 N–H and O–H groups in total. The summed E-state index contributed by atoms with van der Waals surface area (Å²) in [5.74, 6) is 0. The molecular weight excluding hydrogens is 236 g/mol. The van der Waals surface area contributed by atoms with Crippen molar-refractivity contribution in [3.63, 3.8) is 0 Å². The summed E-state index contributed by atoms with van der Waals surface area (Å²) >= 11 is 0. The van der Waals surface area contributed by atoms with Crippen LogP contribution in [0, 0.1) is 0 Å². The van der Waals surface area contributed by atoms with E-state index in [1.807, 2.05) is 0 Å². The topological polar surface area (TPSA) is 18.5 Å². The van der Waals surface area contributed by atoms with E-state index in [0.717, 1.165) is 6.61 Å². The van der Waals surface area contributed by atoms with Crippen LogP contribution in [0.3, 0.4) is 0 Å². The molecule has 0 bridgehead atoms. The van der Waals surface area contributed by atoms with Crippen molar-refractivity contribution in [2.45, 2.75) is 96.5 Å². The normalized spacial score (nSPS) is 19.1. The van der Waals surface area contributed by atoms with Crippen molar-refractivity contribution in [3.05, 3.63) is 0 Å². The second-order valence-electron chi connectivity index (χ2n) is 5.96. The van der Waals surface area contributed by atoms with Gasteiger partial charge in [0.2, 0.25) is 0 Å². The summed E-state index contributed by atoms with van der Waals surface area (Å²) in [5.41, 5.74) is 0. The zero-order valence-electron chi connectivity index (χ0n) is 13.0. The predicted octanol–water partition coefficient (Wildman–Crippen LogP) is 5.45. The third kappa shape index (κ3) is 10.4. The second-order valence-corrected chi connectivity index (χ2v) is 5.96. The van der Waals surface area contributed by atoms with Crippen LogP contribution in [0.15, 0.2) is 0 Å². The van der Waals surface area contributed by atoms with E-state index in [1.165, 1.54) is 83.5 Å². The maximum atomic E-state index is 5.43. The van der Waals surface area contributed by atoms with E-state index in [1.54, 1.807) is 0 Å². The summed E-state index contributed by atoms with van der Waals surface area (Å²) in [6, 6.07) is 0. The van der Waals surface area contributed by atoms with Crippen LogP contribution in [-0.4, -0.2) is 19.5 Å². The van der Waals surface area contributed by atoms with Gasteiger partial charge in [-0.3, -0.25) is 0 Å². The standard InChI is InChI=1S/C17H34O2/c1-2-3-4-5-6-7-8-9-10-11-12-13-14-17-15-18-16-19-17/h17H,2-16H2,1H3. The number of rotatable bonds is 13. The molecule has 1 saturated heterocycles. The van der Waals surface area contributed by atoms with Crippen LogP contribution in [0.2, 0.25) is 0 Å². The highest BCUT2D eigenvalue weighted by atomic mass is 16.7. The molecule has 1 unspecified atom stereocenters. The van der Waals surface area contributed by atoms with Crippen molar-refractivity contribution in [1.82, 2.24) is 0 Å². The van der Waals surface area contributed by atoms with Crippen LogP contribution in [0.5, 0.6) is 0 Å². The Balaban J connectivity index is 1.67. The molecule has 1 fully saturated rings. The molecule has 0 saturated carbocycles. The lowest BCUT2D eigenvalue weighted by Crippen LogP contribution is -2.08. The maximum absolute atomic E-state index is 5.43. The number of hydrogen-bond acceptors (Lipinski definition) is 2. The first-order valence-corrected chi connectivity index (χ1v) is 8.63. The van der Waals surface area contributed by atoms with Crippen molar-refractivity contribution < 1.29 is 9.47 Å². The van der Waals surface area contributed by atoms with Gasteiger partial charge in [-0.1, -0.05) is 84.0 Å². The summed E-state index contributed by atoms with van der Waals surface area (Å²) < 4.78 is 10.6. The summed E-state index contributed by atoms with van der Waals surface area (Å²) in [6.07, 6.45) is 18.6. The van der Waals surface area contributed by atoms with Crippen LogP contribution in [-0.2, 0) is 9.47 Å². The minimum Gasteiger partial charge on any atom is -0.353 e. The number of ether oxygens (including phenoxy) is 2. The van der Waals surface area contributed by atoms with Gasteiger partial charge >= 0.3 is 0 Å². The molecule has 1 aliphatic heterocycles. The van der Waals surface area contributed by atoms with E-state index in [4.69, 9.17) is 9.47 Å². The van der Waals surface area contributed by atoms with Gasteiger partial charge in [0.05, 0.1) is 12.7 Å². The van der Waals surface area contributed by atoms with Crippen LogP contribution in [0.25, 0.3) is 0 Å². The van der Waals surface area contributed by atoms with Crippen molar-refractivity contribution in [2.75, 3.05) is 13.4 Å². The molecule has 114 valence electrons. The predicted molar refractivity (Wildman–Crippen MR) is 81.4 cm³/mol. The second kappa shape index (κ2) is 12.9. The summed E-state index contributed by atoms with van der Waals surface area (Å²) in [5, 5.41) is 0. The SMILES string of the molecule is CCCCCCCCCCCCCCC1COCO1. The summed E-state index contributed by atoms with van der Waals surface area (Å²) in [6.45, 7) is 3.62. The zero-order chi connectivity index (χ0) is 13.6. The molecule has 0 spiro atoms. The van der Waals surface area contributed by atoms with Gasteiger partial charge in [0, 0.05) is 0 Å². The van der Waals surface area contributed by atoms with Crippen LogP contribution in [0.1, 0.15) is 90.4 Å². The van der Waals surface area contributed by atoms with Gasteiger partial charge in [0.25, 0.3) is 0 Å². The molecule has 2 nitrogen and oxygen atoms in total. The Morgan fingerprint density at radius 3 is 1.74 bits per heavy atom. The van der Waals surface area contributed by atoms with Gasteiger partial charge in [0.1, 0.15) is 6.79 Å². The molecule has 0 aromatic carbocycles. The highest BCUT2D eigenvalue weighted by Gasteiger charge is 2.14. The van der Waals surface area contributed by atoms with Gasteiger partial charge in [-0.25, -0.2) is 0 Å².